The second-order valence-corrected chi connectivity index (χ2v) is 3.17. The fourth-order valence-corrected chi connectivity index (χ4v) is 1.33. The van der Waals surface area contributed by atoms with Gasteiger partial charge in [-0.05, 0) is 18.6 Å². The van der Waals surface area contributed by atoms with Crippen LogP contribution < -0.4 is 5.32 Å². The third-order valence-corrected chi connectivity index (χ3v) is 2.21. The molecule has 14 heavy (non-hydrogen) atoms. The molecule has 5 heteroatoms. The van der Waals surface area contributed by atoms with Gasteiger partial charge < -0.3 is 9.73 Å². The fraction of sp³-hybridized carbons (Fsp3) is 0.333. The first-order valence-electron chi connectivity index (χ1n) is 4.29. The van der Waals surface area contributed by atoms with Crippen LogP contribution in [-0.2, 0) is 11.3 Å². The van der Waals surface area contributed by atoms with Crippen molar-refractivity contribution in [3.05, 3.63) is 23.7 Å². The smallest absolute Gasteiger partial charge is 0.325 e. The number of imide groups is 1. The Morgan fingerprint density at radius 3 is 2.86 bits per heavy atom. The van der Waals surface area contributed by atoms with E-state index in [2.05, 4.69) is 5.32 Å². The first-order valence-corrected chi connectivity index (χ1v) is 4.29. The van der Waals surface area contributed by atoms with Gasteiger partial charge in [0.25, 0.3) is 0 Å². The number of carbonyl (C=O) groups excluding carboxylic acids is 2. The van der Waals surface area contributed by atoms with Crippen molar-refractivity contribution < 1.29 is 14.0 Å². The van der Waals surface area contributed by atoms with E-state index in [4.69, 9.17) is 4.42 Å². The molecular weight excluding hydrogens is 184 g/mol. The van der Waals surface area contributed by atoms with E-state index in [0.29, 0.717) is 5.76 Å². The van der Waals surface area contributed by atoms with Gasteiger partial charge in [-0.3, -0.25) is 9.69 Å². The van der Waals surface area contributed by atoms with Crippen LogP contribution >= 0.6 is 0 Å². The molecule has 1 aromatic rings. The number of hydrogen-bond acceptors (Lipinski definition) is 3. The molecule has 0 radical (unpaired) electrons. The molecule has 2 rings (SSSR count). The average molecular weight is 194 g/mol. The van der Waals surface area contributed by atoms with E-state index < -0.39 is 0 Å². The average Bonchev–Trinajstić information content (AvgIpc) is 2.67. The molecule has 0 atom stereocenters. The Labute approximate surface area is 80.7 Å². The Bertz CT molecular complexity index is 367. The summed E-state index contributed by atoms with van der Waals surface area (Å²) in [5.74, 6) is 0.432. The van der Waals surface area contributed by atoms with Crippen molar-refractivity contribution in [2.75, 3.05) is 6.54 Å². The molecule has 0 unspecified atom stereocenters. The van der Waals surface area contributed by atoms with Crippen LogP contribution in [0.2, 0.25) is 0 Å². The topological polar surface area (TPSA) is 62.6 Å². The number of urea groups is 1. The number of nitrogens with one attached hydrogen (secondary N) is 1. The Hall–Kier alpha value is -1.78. The summed E-state index contributed by atoms with van der Waals surface area (Å²) in [6.07, 6.45) is 1.54. The summed E-state index contributed by atoms with van der Waals surface area (Å²) in [5.41, 5.74) is 0.942. The molecule has 5 nitrogen and oxygen atoms in total. The number of rotatable bonds is 2. The minimum atomic E-state index is -0.356. The van der Waals surface area contributed by atoms with Gasteiger partial charge in [0.2, 0.25) is 5.91 Å². The first-order chi connectivity index (χ1) is 6.68. The summed E-state index contributed by atoms with van der Waals surface area (Å²) in [4.78, 5) is 23.5. The summed E-state index contributed by atoms with van der Waals surface area (Å²) >= 11 is 0. The summed E-state index contributed by atoms with van der Waals surface area (Å²) < 4.78 is 5.15. The van der Waals surface area contributed by atoms with E-state index in [1.807, 2.05) is 6.92 Å². The lowest BCUT2D eigenvalue weighted by Crippen LogP contribution is -2.30. The van der Waals surface area contributed by atoms with Crippen molar-refractivity contribution in [3.63, 3.8) is 0 Å². The van der Waals surface area contributed by atoms with Crippen LogP contribution in [0.4, 0.5) is 4.79 Å². The lowest BCUT2D eigenvalue weighted by Gasteiger charge is -2.10. The number of nitrogens with zero attached hydrogens (tertiary/aromatic N) is 1. The van der Waals surface area contributed by atoms with Crippen LogP contribution in [0, 0.1) is 6.92 Å². The van der Waals surface area contributed by atoms with E-state index >= 15 is 0 Å². The molecule has 2 heterocycles. The van der Waals surface area contributed by atoms with Crippen LogP contribution in [0.3, 0.4) is 0 Å². The zero-order valence-electron chi connectivity index (χ0n) is 7.74. The Morgan fingerprint density at radius 1 is 1.57 bits per heavy atom. The number of furan rings is 1. The standard InChI is InChI=1S/C9H10N2O3/c1-6-2-3-14-7(6)5-11-8(12)4-10-9(11)13/h2-3H,4-5H2,1H3,(H,10,13). The second-order valence-electron chi connectivity index (χ2n) is 3.17. The quantitative estimate of drug-likeness (QED) is 0.703. The number of hydrogen-bond donors (Lipinski definition) is 1. The number of carbonyl (C=O) groups is 2. The van der Waals surface area contributed by atoms with Gasteiger partial charge in [-0.15, -0.1) is 0 Å². The molecular formula is C9H10N2O3. The molecule has 3 amide bonds. The highest BCUT2D eigenvalue weighted by Crippen LogP contribution is 2.13. The fourth-order valence-electron chi connectivity index (χ4n) is 1.33. The highest BCUT2D eigenvalue weighted by molar-refractivity contribution is 6.01. The maximum atomic E-state index is 11.2. The van der Waals surface area contributed by atoms with Gasteiger partial charge in [-0.25, -0.2) is 4.79 Å². The maximum absolute atomic E-state index is 11.2. The van der Waals surface area contributed by atoms with E-state index in [1.54, 1.807) is 12.3 Å². The molecule has 1 aliphatic heterocycles. The Balaban J connectivity index is 2.15. The van der Waals surface area contributed by atoms with Crippen LogP contribution in [-0.4, -0.2) is 23.4 Å². The summed E-state index contributed by atoms with van der Waals surface area (Å²) in [7, 11) is 0. The lowest BCUT2D eigenvalue weighted by molar-refractivity contribution is -0.125. The predicted molar refractivity (Wildman–Crippen MR) is 47.4 cm³/mol. The van der Waals surface area contributed by atoms with Gasteiger partial charge in [-0.2, -0.15) is 0 Å². The third kappa shape index (κ3) is 1.37. The van der Waals surface area contributed by atoms with E-state index in [9.17, 15) is 9.59 Å². The summed E-state index contributed by atoms with van der Waals surface area (Å²) in [6, 6.07) is 1.44. The largest absolute Gasteiger partial charge is 0.467 e. The van der Waals surface area contributed by atoms with Crippen molar-refractivity contribution in [3.8, 4) is 0 Å². The zero-order chi connectivity index (χ0) is 10.1. The Kier molecular flexibility index (Phi) is 1.99. The molecule has 0 bridgehead atoms. The van der Waals surface area contributed by atoms with Crippen molar-refractivity contribution in [2.24, 2.45) is 0 Å². The zero-order valence-corrected chi connectivity index (χ0v) is 7.74. The lowest BCUT2D eigenvalue weighted by atomic mass is 10.3. The molecule has 1 saturated heterocycles. The normalized spacial score (nSPS) is 16.2. The van der Waals surface area contributed by atoms with Crippen LogP contribution in [0.15, 0.2) is 16.7 Å². The minimum Gasteiger partial charge on any atom is -0.467 e. The van der Waals surface area contributed by atoms with Crippen LogP contribution in [0.25, 0.3) is 0 Å². The first kappa shape index (κ1) is 8.80. The molecule has 0 spiro atoms. The minimum absolute atomic E-state index is 0.0819. The van der Waals surface area contributed by atoms with Crippen molar-refractivity contribution in [2.45, 2.75) is 13.5 Å². The number of amides is 3. The highest BCUT2D eigenvalue weighted by atomic mass is 16.3. The Morgan fingerprint density at radius 2 is 2.36 bits per heavy atom. The van der Waals surface area contributed by atoms with E-state index in [-0.39, 0.29) is 25.0 Å². The van der Waals surface area contributed by atoms with Gasteiger partial charge in [0.05, 0.1) is 19.4 Å². The van der Waals surface area contributed by atoms with E-state index in [1.165, 1.54) is 0 Å². The van der Waals surface area contributed by atoms with Crippen LogP contribution in [0.5, 0.6) is 0 Å². The molecule has 0 aromatic carbocycles. The van der Waals surface area contributed by atoms with Crippen molar-refractivity contribution >= 4 is 11.9 Å². The SMILES string of the molecule is Cc1ccoc1CN1C(=O)CNC1=O. The monoisotopic (exact) mass is 194 g/mol. The third-order valence-electron chi connectivity index (χ3n) is 2.21. The molecule has 0 aliphatic carbocycles. The van der Waals surface area contributed by atoms with E-state index in [0.717, 1.165) is 10.5 Å². The van der Waals surface area contributed by atoms with Gasteiger partial charge in [0, 0.05) is 0 Å². The van der Waals surface area contributed by atoms with Gasteiger partial charge in [0.1, 0.15) is 5.76 Å². The predicted octanol–water partition coefficient (Wildman–Crippen LogP) is 0.640. The molecule has 1 N–H and O–H groups in total. The number of aryl methyl sites for hydroxylation is 1. The van der Waals surface area contributed by atoms with Crippen molar-refractivity contribution in [1.82, 2.24) is 10.2 Å². The highest BCUT2D eigenvalue weighted by Gasteiger charge is 2.29. The molecule has 74 valence electrons. The van der Waals surface area contributed by atoms with Gasteiger partial charge in [0.15, 0.2) is 0 Å². The van der Waals surface area contributed by atoms with Gasteiger partial charge >= 0.3 is 6.03 Å². The molecule has 1 fully saturated rings. The molecule has 1 aliphatic rings. The summed E-state index contributed by atoms with van der Waals surface area (Å²) in [6.45, 7) is 2.17. The maximum Gasteiger partial charge on any atom is 0.325 e. The molecule has 0 saturated carbocycles. The van der Waals surface area contributed by atoms with Crippen molar-refractivity contribution in [1.29, 1.82) is 0 Å². The van der Waals surface area contributed by atoms with Gasteiger partial charge in [-0.1, -0.05) is 0 Å². The molecule has 1 aromatic heterocycles. The van der Waals surface area contributed by atoms with Crippen LogP contribution in [0.1, 0.15) is 11.3 Å². The second kappa shape index (κ2) is 3.17. The summed E-state index contributed by atoms with van der Waals surface area (Å²) in [5, 5.41) is 2.45.